The molecule has 0 spiro atoms. The molecule has 0 saturated carbocycles. The Balaban J connectivity index is 1.46. The Labute approximate surface area is 161 Å². The molecule has 0 bridgehead atoms. The third-order valence-corrected chi connectivity index (χ3v) is 4.29. The highest BCUT2D eigenvalue weighted by Gasteiger charge is 2.34. The van der Waals surface area contributed by atoms with E-state index in [4.69, 9.17) is 0 Å². The molecule has 2 atom stereocenters. The Morgan fingerprint density at radius 2 is 1.29 bits per heavy atom. The Morgan fingerprint density at radius 1 is 0.714 bits per heavy atom. The van der Waals surface area contributed by atoms with Gasteiger partial charge in [-0.3, -0.25) is 4.79 Å². The van der Waals surface area contributed by atoms with Crippen LogP contribution < -0.4 is 5.32 Å². The van der Waals surface area contributed by atoms with Gasteiger partial charge in [0.25, 0.3) is 5.91 Å². The second-order valence-corrected chi connectivity index (χ2v) is 6.23. The van der Waals surface area contributed by atoms with E-state index in [0.717, 1.165) is 5.69 Å². The van der Waals surface area contributed by atoms with Gasteiger partial charge in [-0.1, -0.05) is 36.4 Å². The third-order valence-electron chi connectivity index (χ3n) is 4.29. The van der Waals surface area contributed by atoms with Crippen molar-refractivity contribution in [2.75, 3.05) is 5.32 Å². The molecule has 7 heteroatoms. The van der Waals surface area contributed by atoms with Gasteiger partial charge in [-0.25, -0.2) is 0 Å². The molecule has 0 aliphatic carbocycles. The number of benzene rings is 3. The summed E-state index contributed by atoms with van der Waals surface area (Å²) in [4.78, 5) is 12.2. The first-order valence-corrected chi connectivity index (χ1v) is 8.76. The first-order chi connectivity index (χ1) is 13.7. The van der Waals surface area contributed by atoms with Gasteiger partial charge in [0.1, 0.15) is 6.10 Å². The normalized spacial score (nSPS) is 19.0. The minimum absolute atomic E-state index is 0.386. The van der Waals surface area contributed by atoms with Gasteiger partial charge in [0.15, 0.2) is 6.04 Å². The van der Waals surface area contributed by atoms with Crippen LogP contribution in [0.1, 0.15) is 11.7 Å². The van der Waals surface area contributed by atoms with Crippen LogP contribution in [0.25, 0.3) is 0 Å². The van der Waals surface area contributed by atoms with E-state index >= 15 is 0 Å². The van der Waals surface area contributed by atoms with Crippen molar-refractivity contribution in [1.29, 1.82) is 0 Å². The van der Waals surface area contributed by atoms with Gasteiger partial charge in [0, 0.05) is 11.3 Å². The van der Waals surface area contributed by atoms with Crippen molar-refractivity contribution in [3.63, 3.8) is 0 Å². The van der Waals surface area contributed by atoms with Crippen molar-refractivity contribution in [2.24, 2.45) is 20.5 Å². The highest BCUT2D eigenvalue weighted by Crippen LogP contribution is 2.32. The summed E-state index contributed by atoms with van der Waals surface area (Å²) in [6.07, 6.45) is -1.03. The SMILES string of the molecule is O=C1Nc2ccccc2[C@@H](O)[C@@H]1N=Nc1ccc(N=Nc2ccccc2)cc1. The van der Waals surface area contributed by atoms with E-state index < -0.39 is 12.1 Å². The van der Waals surface area contributed by atoms with Crippen LogP contribution in [0, 0.1) is 0 Å². The standard InChI is InChI=1S/C21H17N5O2/c27-20-17-8-4-5-9-18(17)22-21(28)19(20)26-25-16-12-10-15(11-13-16)24-23-14-6-2-1-3-7-14/h1-13,19-20,27H,(H,22,28)/t19-,20+/m0/s1. The summed E-state index contributed by atoms with van der Waals surface area (Å²) in [6.45, 7) is 0. The zero-order chi connectivity index (χ0) is 19.3. The summed E-state index contributed by atoms with van der Waals surface area (Å²) in [5, 5.41) is 29.6. The summed E-state index contributed by atoms with van der Waals surface area (Å²) >= 11 is 0. The fraction of sp³-hybridized carbons (Fsp3) is 0.0952. The lowest BCUT2D eigenvalue weighted by Crippen LogP contribution is -2.36. The Morgan fingerprint density at radius 3 is 2.00 bits per heavy atom. The maximum absolute atomic E-state index is 12.2. The molecule has 7 nitrogen and oxygen atoms in total. The summed E-state index contributed by atoms with van der Waals surface area (Å²) in [6, 6.07) is 22.5. The number of nitrogens with zero attached hydrogens (tertiary/aromatic N) is 4. The lowest BCUT2D eigenvalue weighted by Gasteiger charge is -2.26. The van der Waals surface area contributed by atoms with Crippen molar-refractivity contribution >= 4 is 28.7 Å². The minimum atomic E-state index is -1.03. The number of aliphatic hydroxyl groups is 1. The molecule has 0 unspecified atom stereocenters. The van der Waals surface area contributed by atoms with E-state index in [1.54, 1.807) is 48.5 Å². The molecular weight excluding hydrogens is 354 g/mol. The molecule has 4 rings (SSSR count). The number of amides is 1. The van der Waals surface area contributed by atoms with Crippen molar-refractivity contribution < 1.29 is 9.90 Å². The number of hydrogen-bond acceptors (Lipinski definition) is 6. The van der Waals surface area contributed by atoms with E-state index in [1.165, 1.54) is 0 Å². The predicted octanol–water partition coefficient (Wildman–Crippen LogP) is 5.24. The quantitative estimate of drug-likeness (QED) is 0.613. The smallest absolute Gasteiger partial charge is 0.254 e. The maximum atomic E-state index is 12.2. The number of carbonyl (C=O) groups excluding carboxylic acids is 1. The Kier molecular flexibility index (Phi) is 4.99. The summed E-state index contributed by atoms with van der Waals surface area (Å²) in [5.74, 6) is -0.386. The molecule has 3 aromatic carbocycles. The van der Waals surface area contributed by atoms with Crippen LogP contribution in [0.4, 0.5) is 22.7 Å². The number of azo groups is 2. The second-order valence-electron chi connectivity index (χ2n) is 6.23. The number of hydrogen-bond donors (Lipinski definition) is 2. The van der Waals surface area contributed by atoms with Crippen molar-refractivity contribution in [3.8, 4) is 0 Å². The van der Waals surface area contributed by atoms with Gasteiger partial charge in [-0.2, -0.15) is 20.5 Å². The van der Waals surface area contributed by atoms with Gasteiger partial charge in [0.2, 0.25) is 0 Å². The molecule has 2 N–H and O–H groups in total. The van der Waals surface area contributed by atoms with Crippen LogP contribution in [0.5, 0.6) is 0 Å². The molecule has 0 fully saturated rings. The van der Waals surface area contributed by atoms with Gasteiger partial charge in [-0.15, -0.1) is 0 Å². The molecule has 138 valence electrons. The summed E-state index contributed by atoms with van der Waals surface area (Å²) in [5.41, 5.74) is 3.22. The second kappa shape index (κ2) is 7.89. The van der Waals surface area contributed by atoms with Crippen molar-refractivity contribution in [2.45, 2.75) is 12.1 Å². The molecule has 3 aromatic rings. The molecular formula is C21H17N5O2. The first-order valence-electron chi connectivity index (χ1n) is 8.76. The fourth-order valence-corrected chi connectivity index (χ4v) is 2.83. The largest absolute Gasteiger partial charge is 0.385 e. The first kappa shape index (κ1) is 17.7. The Bertz CT molecular complexity index is 1030. The summed E-state index contributed by atoms with van der Waals surface area (Å²) in [7, 11) is 0. The molecule has 28 heavy (non-hydrogen) atoms. The number of para-hydroxylation sites is 1. The van der Waals surface area contributed by atoms with Crippen LogP contribution >= 0.6 is 0 Å². The monoisotopic (exact) mass is 371 g/mol. The van der Waals surface area contributed by atoms with Crippen molar-refractivity contribution in [3.05, 3.63) is 84.4 Å². The zero-order valence-electron chi connectivity index (χ0n) is 14.8. The zero-order valence-corrected chi connectivity index (χ0v) is 14.8. The highest BCUT2D eigenvalue weighted by atomic mass is 16.3. The molecule has 1 amide bonds. The van der Waals surface area contributed by atoms with E-state index in [-0.39, 0.29) is 5.91 Å². The molecule has 0 aromatic heterocycles. The number of carbonyl (C=O) groups is 1. The molecule has 1 aliphatic rings. The van der Waals surface area contributed by atoms with Crippen LogP contribution in [-0.4, -0.2) is 17.1 Å². The van der Waals surface area contributed by atoms with Crippen LogP contribution in [0.2, 0.25) is 0 Å². The average Bonchev–Trinajstić information content (AvgIpc) is 2.74. The lowest BCUT2D eigenvalue weighted by atomic mass is 9.96. The van der Waals surface area contributed by atoms with E-state index in [2.05, 4.69) is 25.8 Å². The number of anilines is 1. The van der Waals surface area contributed by atoms with Crippen molar-refractivity contribution in [1.82, 2.24) is 0 Å². The molecule has 0 saturated heterocycles. The number of rotatable bonds is 4. The molecule has 1 heterocycles. The number of aliphatic hydroxyl groups excluding tert-OH is 1. The van der Waals surface area contributed by atoms with Gasteiger partial charge >= 0.3 is 0 Å². The molecule has 1 aliphatic heterocycles. The average molecular weight is 371 g/mol. The third kappa shape index (κ3) is 3.84. The topological polar surface area (TPSA) is 98.8 Å². The fourth-order valence-electron chi connectivity index (χ4n) is 2.83. The maximum Gasteiger partial charge on any atom is 0.254 e. The predicted molar refractivity (Wildman–Crippen MR) is 105 cm³/mol. The van der Waals surface area contributed by atoms with E-state index in [1.807, 2.05) is 30.3 Å². The highest BCUT2D eigenvalue weighted by molar-refractivity contribution is 5.98. The van der Waals surface area contributed by atoms with E-state index in [0.29, 0.717) is 22.6 Å². The molecule has 0 radical (unpaired) electrons. The van der Waals surface area contributed by atoms with Gasteiger partial charge < -0.3 is 10.4 Å². The number of fused-ring (bicyclic) bond motifs is 1. The van der Waals surface area contributed by atoms with Crippen LogP contribution in [0.15, 0.2) is 99.3 Å². The summed E-state index contributed by atoms with van der Waals surface area (Å²) < 4.78 is 0. The minimum Gasteiger partial charge on any atom is -0.385 e. The van der Waals surface area contributed by atoms with E-state index in [9.17, 15) is 9.90 Å². The number of nitrogens with one attached hydrogen (secondary N) is 1. The Hall–Kier alpha value is -3.71. The van der Waals surface area contributed by atoms with Crippen LogP contribution in [-0.2, 0) is 4.79 Å². The van der Waals surface area contributed by atoms with Crippen LogP contribution in [0.3, 0.4) is 0 Å². The van der Waals surface area contributed by atoms with Gasteiger partial charge in [0.05, 0.1) is 17.1 Å². The van der Waals surface area contributed by atoms with Gasteiger partial charge in [-0.05, 0) is 42.5 Å². The lowest BCUT2D eigenvalue weighted by molar-refractivity contribution is -0.120.